The van der Waals surface area contributed by atoms with E-state index in [-0.39, 0.29) is 37.6 Å². The molecule has 2 heterocycles. The van der Waals surface area contributed by atoms with Gasteiger partial charge in [-0.15, -0.1) is 13.2 Å². The average Bonchev–Trinajstić information content (AvgIpc) is 4.06. The lowest BCUT2D eigenvalue weighted by molar-refractivity contribution is -0.141. The third-order valence-corrected chi connectivity index (χ3v) is 12.0. The molecule has 2 saturated carbocycles. The summed E-state index contributed by atoms with van der Waals surface area (Å²) in [6.45, 7) is 16.5. The molecule has 4 amide bonds. The molecule has 0 bridgehead atoms. The molecule has 16 heteroatoms. The Balaban J connectivity index is 1.46. The molecule has 2 aromatic rings. The molecule has 3 aliphatic rings. The zero-order valence-corrected chi connectivity index (χ0v) is 34.1. The highest BCUT2D eigenvalue weighted by molar-refractivity contribution is 7.91. The van der Waals surface area contributed by atoms with Crippen LogP contribution in [-0.4, -0.2) is 95.3 Å². The Kier molecular flexibility index (Phi) is 13.0. The number of rotatable bonds is 18. The molecule has 15 nitrogen and oxygen atoms in total. The molecule has 0 unspecified atom stereocenters. The Bertz CT molecular complexity index is 1940. The smallest absolute Gasteiger partial charge is 0.408 e. The minimum atomic E-state index is -3.91. The van der Waals surface area contributed by atoms with Crippen molar-refractivity contribution in [2.75, 3.05) is 13.7 Å². The van der Waals surface area contributed by atoms with E-state index in [0.29, 0.717) is 41.7 Å². The van der Waals surface area contributed by atoms with Gasteiger partial charge in [0.05, 0.1) is 29.9 Å². The first-order valence-electron chi connectivity index (χ1n) is 19.3. The third kappa shape index (κ3) is 10.2. The van der Waals surface area contributed by atoms with Crippen molar-refractivity contribution in [3.8, 4) is 11.6 Å². The van der Waals surface area contributed by atoms with Crippen LogP contribution in [-0.2, 0) is 29.1 Å². The maximum atomic E-state index is 14.6. The minimum Gasteiger partial charge on any atom is -0.497 e. The van der Waals surface area contributed by atoms with E-state index in [9.17, 15) is 27.6 Å². The van der Waals surface area contributed by atoms with Crippen molar-refractivity contribution in [3.05, 3.63) is 49.2 Å². The highest BCUT2D eigenvalue weighted by atomic mass is 32.2. The van der Waals surface area contributed by atoms with E-state index >= 15 is 0 Å². The largest absolute Gasteiger partial charge is 0.497 e. The normalized spacial score (nSPS) is 22.6. The zero-order valence-electron chi connectivity index (χ0n) is 33.3. The topological polar surface area (TPSA) is 195 Å². The second kappa shape index (κ2) is 17.2. The average molecular weight is 797 g/mol. The molecule has 306 valence electrons. The van der Waals surface area contributed by atoms with Gasteiger partial charge >= 0.3 is 6.09 Å². The molecular formula is C40H56N6O9S. The minimum absolute atomic E-state index is 0.00224. The number of fused-ring (bicyclic) bond motifs is 1. The first-order chi connectivity index (χ1) is 26.4. The summed E-state index contributed by atoms with van der Waals surface area (Å²) in [7, 11) is -2.36. The summed E-state index contributed by atoms with van der Waals surface area (Å²) in [5, 5.41) is 4.89. The summed E-state index contributed by atoms with van der Waals surface area (Å²) in [4.78, 5) is 66.5. The van der Waals surface area contributed by atoms with E-state index in [0.717, 1.165) is 19.3 Å². The van der Waals surface area contributed by atoms with Gasteiger partial charge in [-0.05, 0) is 71.4 Å². The molecule has 0 spiro atoms. The van der Waals surface area contributed by atoms with Gasteiger partial charge in [-0.25, -0.2) is 23.2 Å². The van der Waals surface area contributed by atoms with E-state index in [1.165, 1.54) is 11.0 Å². The number of carbonyl (C=O) groups excluding carboxylic acids is 4. The molecule has 56 heavy (non-hydrogen) atoms. The monoisotopic (exact) mass is 796 g/mol. The summed E-state index contributed by atoms with van der Waals surface area (Å²) in [6, 6.07) is 3.12. The maximum absolute atomic E-state index is 14.6. The maximum Gasteiger partial charge on any atom is 0.408 e. The van der Waals surface area contributed by atoms with Crippen LogP contribution in [0.25, 0.3) is 11.0 Å². The number of benzene rings is 1. The van der Waals surface area contributed by atoms with Crippen LogP contribution in [0.2, 0.25) is 0 Å². The number of alkyl carbamates (subject to hydrolysis) is 1. The number of nitrogens with zero attached hydrogens (tertiary/aromatic N) is 3. The number of hydrogen-bond acceptors (Lipinski definition) is 11. The number of aromatic nitrogens is 2. The van der Waals surface area contributed by atoms with E-state index in [1.54, 1.807) is 46.1 Å². The number of unbranched alkanes of at least 4 members (excludes halogenated alkanes) is 3. The molecule has 1 aliphatic heterocycles. The van der Waals surface area contributed by atoms with Crippen molar-refractivity contribution in [1.82, 2.24) is 30.2 Å². The van der Waals surface area contributed by atoms with Gasteiger partial charge in [0, 0.05) is 24.3 Å². The highest BCUT2D eigenvalue weighted by Gasteiger charge is 2.62. The van der Waals surface area contributed by atoms with Crippen LogP contribution in [0.3, 0.4) is 0 Å². The van der Waals surface area contributed by atoms with Crippen molar-refractivity contribution in [2.45, 2.75) is 133 Å². The summed E-state index contributed by atoms with van der Waals surface area (Å²) in [5.74, 6) is -1.86. The van der Waals surface area contributed by atoms with Gasteiger partial charge in [-0.1, -0.05) is 38.8 Å². The van der Waals surface area contributed by atoms with Crippen LogP contribution in [0.5, 0.6) is 11.6 Å². The van der Waals surface area contributed by atoms with E-state index < -0.39 is 74.3 Å². The quantitative estimate of drug-likeness (QED) is 0.138. The fourth-order valence-corrected chi connectivity index (χ4v) is 8.26. The van der Waals surface area contributed by atoms with E-state index in [4.69, 9.17) is 24.2 Å². The van der Waals surface area contributed by atoms with Crippen molar-refractivity contribution >= 4 is 44.9 Å². The standard InChI is InChI=1S/C40H56N6O9S/c1-9-11-12-13-14-15-30(43-38(50)55-39(5,6)7)36(48)46-23-27(54-35-33(24(3)4)41-29-19-16-26(53-8)20-31(29)42-35)21-32(46)34(47)44-40(22-25(40)10-2)37(49)45-56(51,52)28-17-18-28/h9-10,16,19-20,24-25,27-28,30,32H,1-2,11-15,17-18,21-23H2,3-8H3,(H,43,50)(H,44,47)(H,45,49)/t25-,27-,30+,32+,40-/m1/s1. The van der Waals surface area contributed by atoms with Crippen LogP contribution in [0.1, 0.15) is 104 Å². The number of nitrogens with one attached hydrogen (secondary N) is 3. The number of hydrogen-bond donors (Lipinski definition) is 3. The van der Waals surface area contributed by atoms with Crippen LogP contribution < -0.4 is 24.8 Å². The molecule has 3 N–H and O–H groups in total. The molecule has 1 aromatic heterocycles. The lowest BCUT2D eigenvalue weighted by atomic mass is 10.0. The van der Waals surface area contributed by atoms with Crippen molar-refractivity contribution in [3.63, 3.8) is 0 Å². The number of methoxy groups -OCH3 is 1. The summed E-state index contributed by atoms with van der Waals surface area (Å²) >= 11 is 0. The Morgan fingerprint density at radius 3 is 2.41 bits per heavy atom. The fraction of sp³-hybridized carbons (Fsp3) is 0.600. The van der Waals surface area contributed by atoms with Crippen molar-refractivity contribution in [1.29, 1.82) is 0 Å². The second-order valence-electron chi connectivity index (χ2n) is 16.2. The molecule has 3 fully saturated rings. The second-order valence-corrected chi connectivity index (χ2v) is 18.2. The number of carbonyl (C=O) groups is 4. The number of amides is 4. The van der Waals surface area contributed by atoms with Gasteiger partial charge in [-0.3, -0.25) is 19.1 Å². The fourth-order valence-electron chi connectivity index (χ4n) is 6.89. The van der Waals surface area contributed by atoms with Gasteiger partial charge < -0.3 is 29.7 Å². The highest BCUT2D eigenvalue weighted by Crippen LogP contribution is 2.45. The summed E-state index contributed by atoms with van der Waals surface area (Å²) < 4.78 is 45.1. The summed E-state index contributed by atoms with van der Waals surface area (Å²) in [6.07, 6.45) is 6.12. The Labute approximate surface area is 329 Å². The zero-order chi connectivity index (χ0) is 41.0. The Hall–Kier alpha value is -4.73. The van der Waals surface area contributed by atoms with Crippen LogP contribution in [0, 0.1) is 5.92 Å². The molecule has 2 aliphatic carbocycles. The lowest BCUT2D eigenvalue weighted by Gasteiger charge is -2.30. The van der Waals surface area contributed by atoms with Crippen LogP contribution >= 0.6 is 0 Å². The number of ether oxygens (including phenoxy) is 3. The van der Waals surface area contributed by atoms with Crippen LogP contribution in [0.15, 0.2) is 43.5 Å². The van der Waals surface area contributed by atoms with Crippen LogP contribution in [0.4, 0.5) is 4.79 Å². The molecule has 5 atom stereocenters. The molecular weight excluding hydrogens is 741 g/mol. The Morgan fingerprint density at radius 2 is 1.80 bits per heavy atom. The lowest BCUT2D eigenvalue weighted by Crippen LogP contribution is -2.58. The van der Waals surface area contributed by atoms with Gasteiger partial charge in [0.15, 0.2) is 0 Å². The third-order valence-electron chi connectivity index (χ3n) is 10.2. The number of likely N-dealkylation sites (tertiary alicyclic amines) is 1. The van der Waals surface area contributed by atoms with E-state index in [2.05, 4.69) is 28.5 Å². The first kappa shape index (κ1) is 42.4. The number of allylic oxidation sites excluding steroid dienone is 1. The summed E-state index contributed by atoms with van der Waals surface area (Å²) in [5.41, 5.74) is -0.651. The van der Waals surface area contributed by atoms with Gasteiger partial charge in [0.2, 0.25) is 27.7 Å². The van der Waals surface area contributed by atoms with Crippen molar-refractivity contribution < 1.29 is 41.8 Å². The molecule has 1 saturated heterocycles. The van der Waals surface area contributed by atoms with Crippen molar-refractivity contribution in [2.24, 2.45) is 5.92 Å². The van der Waals surface area contributed by atoms with Gasteiger partial charge in [-0.2, -0.15) is 0 Å². The van der Waals surface area contributed by atoms with Gasteiger partial charge in [0.25, 0.3) is 5.91 Å². The predicted molar refractivity (Wildman–Crippen MR) is 210 cm³/mol. The number of sulfonamides is 1. The Morgan fingerprint density at radius 1 is 1.07 bits per heavy atom. The molecule has 1 aromatic carbocycles. The predicted octanol–water partition coefficient (Wildman–Crippen LogP) is 4.81. The molecule has 5 rings (SSSR count). The van der Waals surface area contributed by atoms with Gasteiger partial charge in [0.1, 0.15) is 40.8 Å². The first-order valence-corrected chi connectivity index (χ1v) is 20.9. The van der Waals surface area contributed by atoms with E-state index in [1.807, 2.05) is 19.9 Å². The molecule has 0 radical (unpaired) electrons. The SMILES string of the molecule is C=CCCCCC[C@H](NC(=O)OC(C)(C)C)C(=O)N1C[C@H](Oc2nc3cc(OC)ccc3nc2C(C)C)C[C@H]1C(=O)N[C@]1(C(=O)NS(=O)(=O)C2CC2)C[C@H]1C=C.